The van der Waals surface area contributed by atoms with Gasteiger partial charge in [-0.15, -0.1) is 0 Å². The number of nitrogens with one attached hydrogen (secondary N) is 1. The van der Waals surface area contributed by atoms with Crippen molar-refractivity contribution in [3.63, 3.8) is 0 Å². The number of aromatic carboxylic acids is 1. The highest BCUT2D eigenvalue weighted by Crippen LogP contribution is 2.30. The first kappa shape index (κ1) is 11.1. The van der Waals surface area contributed by atoms with E-state index in [9.17, 15) is 13.6 Å². The Morgan fingerprint density at radius 1 is 1.41 bits per heavy atom. The SMILES string of the molecule is Nc1n[nH]c(C(=O)O)c1-c1ccc(F)cc1F. The van der Waals surface area contributed by atoms with Crippen molar-refractivity contribution in [1.82, 2.24) is 10.2 Å². The summed E-state index contributed by atoms with van der Waals surface area (Å²) in [5.74, 6) is -3.15. The van der Waals surface area contributed by atoms with Crippen molar-refractivity contribution in [3.05, 3.63) is 35.5 Å². The van der Waals surface area contributed by atoms with Gasteiger partial charge in [-0.05, 0) is 12.1 Å². The lowest BCUT2D eigenvalue weighted by atomic mass is 10.0. The summed E-state index contributed by atoms with van der Waals surface area (Å²) in [7, 11) is 0. The maximum Gasteiger partial charge on any atom is 0.354 e. The zero-order chi connectivity index (χ0) is 12.6. The van der Waals surface area contributed by atoms with E-state index in [1.165, 1.54) is 0 Å². The lowest BCUT2D eigenvalue weighted by Gasteiger charge is -2.03. The molecule has 4 N–H and O–H groups in total. The van der Waals surface area contributed by atoms with Gasteiger partial charge in [-0.25, -0.2) is 13.6 Å². The van der Waals surface area contributed by atoms with E-state index in [2.05, 4.69) is 10.2 Å². The second-order valence-electron chi connectivity index (χ2n) is 3.29. The van der Waals surface area contributed by atoms with E-state index in [4.69, 9.17) is 10.8 Å². The number of carboxylic acids is 1. The standard InChI is InChI=1S/C10H7F2N3O2/c11-4-1-2-5(6(12)3-4)7-8(10(16)17)14-15-9(7)13/h1-3H,(H,16,17)(H3,13,14,15). The molecule has 0 bridgehead atoms. The largest absolute Gasteiger partial charge is 0.477 e. The predicted octanol–water partition coefficient (Wildman–Crippen LogP) is 1.64. The van der Waals surface area contributed by atoms with E-state index < -0.39 is 17.6 Å². The van der Waals surface area contributed by atoms with Gasteiger partial charge in [0.1, 0.15) is 11.6 Å². The molecule has 1 heterocycles. The Bertz CT molecular complexity index is 595. The highest BCUT2D eigenvalue weighted by Gasteiger charge is 2.21. The van der Waals surface area contributed by atoms with Crippen LogP contribution in [0.3, 0.4) is 0 Å². The molecule has 0 saturated heterocycles. The van der Waals surface area contributed by atoms with Crippen LogP contribution < -0.4 is 5.73 Å². The highest BCUT2D eigenvalue weighted by molar-refractivity contribution is 5.97. The number of hydrogen-bond donors (Lipinski definition) is 3. The number of carboxylic acid groups (broad SMARTS) is 1. The maximum atomic E-state index is 13.5. The Morgan fingerprint density at radius 3 is 2.71 bits per heavy atom. The summed E-state index contributed by atoms with van der Waals surface area (Å²) in [5, 5.41) is 14.5. The molecule has 1 aromatic heterocycles. The van der Waals surface area contributed by atoms with E-state index in [0.29, 0.717) is 6.07 Å². The fourth-order valence-electron chi connectivity index (χ4n) is 1.48. The second kappa shape index (κ2) is 3.85. The van der Waals surface area contributed by atoms with Crippen LogP contribution in [0.2, 0.25) is 0 Å². The van der Waals surface area contributed by atoms with Crippen LogP contribution in [0.25, 0.3) is 11.1 Å². The van der Waals surface area contributed by atoms with Crippen LogP contribution in [0.5, 0.6) is 0 Å². The lowest BCUT2D eigenvalue weighted by molar-refractivity contribution is 0.0691. The number of aromatic amines is 1. The molecule has 0 unspecified atom stereocenters. The summed E-state index contributed by atoms with van der Waals surface area (Å²) >= 11 is 0. The minimum absolute atomic E-state index is 0.0880. The van der Waals surface area contributed by atoms with E-state index in [1.54, 1.807) is 0 Å². The third-order valence-corrected chi connectivity index (χ3v) is 2.21. The molecular formula is C10H7F2N3O2. The zero-order valence-electron chi connectivity index (χ0n) is 8.37. The number of aromatic nitrogens is 2. The molecule has 0 fully saturated rings. The number of anilines is 1. The second-order valence-corrected chi connectivity index (χ2v) is 3.29. The van der Waals surface area contributed by atoms with Crippen LogP contribution in [-0.2, 0) is 0 Å². The van der Waals surface area contributed by atoms with Crippen molar-refractivity contribution in [1.29, 1.82) is 0 Å². The number of H-pyrrole nitrogens is 1. The van der Waals surface area contributed by atoms with Crippen molar-refractivity contribution < 1.29 is 18.7 Å². The van der Waals surface area contributed by atoms with Crippen molar-refractivity contribution in [3.8, 4) is 11.1 Å². The number of halogens is 2. The van der Waals surface area contributed by atoms with E-state index in [1.807, 2.05) is 0 Å². The maximum absolute atomic E-state index is 13.5. The third-order valence-electron chi connectivity index (χ3n) is 2.21. The number of benzene rings is 1. The molecule has 1 aromatic carbocycles. The molecule has 0 aliphatic carbocycles. The molecule has 2 aromatic rings. The van der Waals surface area contributed by atoms with Crippen molar-refractivity contribution >= 4 is 11.8 Å². The highest BCUT2D eigenvalue weighted by atomic mass is 19.1. The van der Waals surface area contributed by atoms with Crippen LogP contribution in [0.1, 0.15) is 10.5 Å². The minimum Gasteiger partial charge on any atom is -0.477 e. The van der Waals surface area contributed by atoms with Gasteiger partial charge in [0.15, 0.2) is 11.5 Å². The van der Waals surface area contributed by atoms with Gasteiger partial charge in [-0.1, -0.05) is 0 Å². The first-order valence-corrected chi connectivity index (χ1v) is 4.53. The van der Waals surface area contributed by atoms with Gasteiger partial charge < -0.3 is 10.8 Å². The summed E-state index contributed by atoms with van der Waals surface area (Å²) in [5.41, 5.74) is 4.91. The molecule has 2 rings (SSSR count). The Kier molecular flexibility index (Phi) is 2.51. The Hall–Kier alpha value is -2.44. The Labute approximate surface area is 93.9 Å². The van der Waals surface area contributed by atoms with Gasteiger partial charge in [0.2, 0.25) is 0 Å². The first-order valence-electron chi connectivity index (χ1n) is 4.53. The molecule has 7 heteroatoms. The van der Waals surface area contributed by atoms with Gasteiger partial charge in [0.05, 0.1) is 5.56 Å². The van der Waals surface area contributed by atoms with E-state index in [0.717, 1.165) is 12.1 Å². The minimum atomic E-state index is -1.33. The summed E-state index contributed by atoms with van der Waals surface area (Å²) in [6.45, 7) is 0. The Morgan fingerprint density at radius 2 is 2.12 bits per heavy atom. The molecule has 88 valence electrons. The summed E-state index contributed by atoms with van der Waals surface area (Å²) < 4.78 is 26.2. The summed E-state index contributed by atoms with van der Waals surface area (Å²) in [6.07, 6.45) is 0. The average molecular weight is 239 g/mol. The van der Waals surface area contributed by atoms with Gasteiger partial charge in [-0.2, -0.15) is 5.10 Å². The topological polar surface area (TPSA) is 92.0 Å². The van der Waals surface area contributed by atoms with Crippen molar-refractivity contribution in [2.24, 2.45) is 0 Å². The first-order chi connectivity index (χ1) is 8.00. The number of carbonyl (C=O) groups is 1. The van der Waals surface area contributed by atoms with E-state index >= 15 is 0 Å². The lowest BCUT2D eigenvalue weighted by Crippen LogP contribution is -2.01. The molecule has 0 amide bonds. The number of nitrogen functional groups attached to an aromatic ring is 1. The molecule has 5 nitrogen and oxygen atoms in total. The van der Waals surface area contributed by atoms with Crippen LogP contribution in [0.15, 0.2) is 18.2 Å². The normalized spacial score (nSPS) is 10.5. The molecule has 0 radical (unpaired) electrons. The quantitative estimate of drug-likeness (QED) is 0.742. The molecule has 17 heavy (non-hydrogen) atoms. The van der Waals surface area contributed by atoms with Gasteiger partial charge in [0.25, 0.3) is 0 Å². The number of hydrogen-bond acceptors (Lipinski definition) is 3. The summed E-state index contributed by atoms with van der Waals surface area (Å²) in [4.78, 5) is 10.9. The summed E-state index contributed by atoms with van der Waals surface area (Å²) in [6, 6.07) is 2.77. The smallest absolute Gasteiger partial charge is 0.354 e. The van der Waals surface area contributed by atoms with Crippen LogP contribution in [-0.4, -0.2) is 21.3 Å². The molecule has 0 saturated carbocycles. The molecule has 0 aliphatic rings. The molecule has 0 spiro atoms. The van der Waals surface area contributed by atoms with E-state index in [-0.39, 0.29) is 22.6 Å². The zero-order valence-corrected chi connectivity index (χ0v) is 8.37. The molecule has 0 atom stereocenters. The average Bonchev–Trinajstić information content (AvgIpc) is 2.60. The van der Waals surface area contributed by atoms with Crippen molar-refractivity contribution in [2.75, 3.05) is 5.73 Å². The Balaban J connectivity index is 2.67. The third kappa shape index (κ3) is 1.82. The van der Waals surface area contributed by atoms with Gasteiger partial charge >= 0.3 is 5.97 Å². The fourth-order valence-corrected chi connectivity index (χ4v) is 1.48. The molecule has 0 aliphatic heterocycles. The number of rotatable bonds is 2. The molecular weight excluding hydrogens is 232 g/mol. The number of nitrogens with zero attached hydrogens (tertiary/aromatic N) is 1. The monoisotopic (exact) mass is 239 g/mol. The van der Waals surface area contributed by atoms with Crippen LogP contribution in [0.4, 0.5) is 14.6 Å². The van der Waals surface area contributed by atoms with Gasteiger partial charge in [0, 0.05) is 11.6 Å². The van der Waals surface area contributed by atoms with Crippen molar-refractivity contribution in [2.45, 2.75) is 0 Å². The fraction of sp³-hybridized carbons (Fsp3) is 0. The van der Waals surface area contributed by atoms with Crippen LogP contribution >= 0.6 is 0 Å². The predicted molar refractivity (Wildman–Crippen MR) is 55.3 cm³/mol. The van der Waals surface area contributed by atoms with Gasteiger partial charge in [-0.3, -0.25) is 5.10 Å². The van der Waals surface area contributed by atoms with Crippen LogP contribution in [0, 0.1) is 11.6 Å². The number of nitrogens with two attached hydrogens (primary N) is 1.